The molecule has 0 aromatic heterocycles. The Kier molecular flexibility index (Phi) is 6.06. The fourth-order valence-electron chi connectivity index (χ4n) is 3.03. The maximum absolute atomic E-state index is 12.7. The first-order valence-electron chi connectivity index (χ1n) is 9.28. The molecule has 0 spiro atoms. The molecule has 32 heavy (non-hydrogen) atoms. The van der Waals surface area contributed by atoms with E-state index in [4.69, 9.17) is 9.47 Å². The van der Waals surface area contributed by atoms with Crippen LogP contribution >= 0.6 is 15.9 Å². The van der Waals surface area contributed by atoms with Gasteiger partial charge in [-0.15, -0.1) is 4.40 Å². The molecule has 0 unspecified atom stereocenters. The molecule has 0 atom stereocenters. The van der Waals surface area contributed by atoms with Crippen molar-refractivity contribution in [1.82, 2.24) is 5.43 Å². The number of hydrogen-bond acceptors (Lipinski definition) is 7. The van der Waals surface area contributed by atoms with Gasteiger partial charge in [0, 0.05) is 15.6 Å². The smallest absolute Gasteiger partial charge is 0.344 e. The molecule has 0 aliphatic carbocycles. The lowest BCUT2D eigenvalue weighted by Gasteiger charge is -2.12. The lowest BCUT2D eigenvalue weighted by atomic mass is 10.2. The second-order valence-electron chi connectivity index (χ2n) is 6.53. The molecule has 162 valence electrons. The Hall–Kier alpha value is -3.50. The highest BCUT2D eigenvalue weighted by molar-refractivity contribution is 9.10. The van der Waals surface area contributed by atoms with Gasteiger partial charge in [-0.05, 0) is 52.3 Å². The Bertz CT molecular complexity index is 1370. The molecular formula is C22H16BrN3O5S. The Morgan fingerprint density at radius 3 is 2.59 bits per heavy atom. The highest BCUT2D eigenvalue weighted by atomic mass is 79.9. The second-order valence-corrected chi connectivity index (χ2v) is 8.96. The minimum absolute atomic E-state index is 0.103. The van der Waals surface area contributed by atoms with Gasteiger partial charge in [0.15, 0.2) is 17.3 Å². The summed E-state index contributed by atoms with van der Waals surface area (Å²) in [6.07, 6.45) is 1.39. The van der Waals surface area contributed by atoms with Gasteiger partial charge in [0.25, 0.3) is 10.0 Å². The zero-order chi connectivity index (χ0) is 22.7. The molecule has 0 saturated heterocycles. The number of sulfonamides is 1. The van der Waals surface area contributed by atoms with E-state index in [0.29, 0.717) is 26.9 Å². The number of carbonyl (C=O) groups is 1. The molecular weight excluding hydrogens is 498 g/mol. The van der Waals surface area contributed by atoms with Crippen LogP contribution in [0.4, 0.5) is 0 Å². The molecule has 0 bridgehead atoms. The maximum atomic E-state index is 12.7. The van der Waals surface area contributed by atoms with Crippen molar-refractivity contribution in [2.75, 3.05) is 7.11 Å². The number of hydrazone groups is 1. The number of rotatable bonds is 5. The van der Waals surface area contributed by atoms with Crippen LogP contribution in [0.5, 0.6) is 11.5 Å². The first kappa shape index (κ1) is 21.7. The van der Waals surface area contributed by atoms with Gasteiger partial charge in [-0.2, -0.15) is 13.5 Å². The summed E-state index contributed by atoms with van der Waals surface area (Å²) in [6.45, 7) is 0. The fraction of sp³-hybridized carbons (Fsp3) is 0.0455. The molecule has 3 aromatic carbocycles. The van der Waals surface area contributed by atoms with E-state index in [0.717, 1.165) is 0 Å². The Morgan fingerprint density at radius 2 is 1.81 bits per heavy atom. The largest absolute Gasteiger partial charge is 0.493 e. The van der Waals surface area contributed by atoms with Gasteiger partial charge in [0.2, 0.25) is 0 Å². The van der Waals surface area contributed by atoms with Crippen LogP contribution in [-0.2, 0) is 10.0 Å². The van der Waals surface area contributed by atoms with Crippen LogP contribution < -0.4 is 14.9 Å². The third kappa shape index (κ3) is 4.27. The lowest BCUT2D eigenvalue weighted by molar-refractivity contribution is 0.0728. The Labute approximate surface area is 192 Å². The second kappa shape index (κ2) is 8.93. The van der Waals surface area contributed by atoms with E-state index in [1.807, 2.05) is 0 Å². The molecule has 0 saturated carbocycles. The maximum Gasteiger partial charge on any atom is 0.344 e. The van der Waals surface area contributed by atoms with E-state index in [1.165, 1.54) is 19.4 Å². The zero-order valence-electron chi connectivity index (χ0n) is 16.7. The number of fused-ring (bicyclic) bond motifs is 1. The average molecular weight is 514 g/mol. The van der Waals surface area contributed by atoms with Gasteiger partial charge in [0.1, 0.15) is 4.90 Å². The summed E-state index contributed by atoms with van der Waals surface area (Å²) in [5, 5.41) is 4.10. The predicted molar refractivity (Wildman–Crippen MR) is 123 cm³/mol. The number of esters is 1. The molecule has 0 amide bonds. The summed E-state index contributed by atoms with van der Waals surface area (Å²) in [4.78, 5) is 12.8. The summed E-state index contributed by atoms with van der Waals surface area (Å²) in [5.41, 5.74) is 3.86. The number of para-hydroxylation sites is 1. The monoisotopic (exact) mass is 513 g/mol. The van der Waals surface area contributed by atoms with Crippen molar-refractivity contribution in [1.29, 1.82) is 0 Å². The van der Waals surface area contributed by atoms with Crippen molar-refractivity contribution in [2.45, 2.75) is 4.90 Å². The Morgan fingerprint density at radius 1 is 1.06 bits per heavy atom. The van der Waals surface area contributed by atoms with Crippen LogP contribution in [0.25, 0.3) is 0 Å². The molecule has 1 heterocycles. The number of ether oxygens (including phenoxy) is 2. The van der Waals surface area contributed by atoms with E-state index < -0.39 is 16.0 Å². The number of nitrogens with zero attached hydrogens (tertiary/aromatic N) is 2. The molecule has 10 heteroatoms. The highest BCUT2D eigenvalue weighted by Gasteiger charge is 2.28. The van der Waals surface area contributed by atoms with Crippen LogP contribution in [0.15, 0.2) is 85.6 Å². The number of amidine groups is 1. The van der Waals surface area contributed by atoms with Gasteiger partial charge in [0.05, 0.1) is 18.9 Å². The zero-order valence-corrected chi connectivity index (χ0v) is 19.1. The molecule has 1 aliphatic heterocycles. The summed E-state index contributed by atoms with van der Waals surface area (Å²) in [6, 6.07) is 18.4. The number of carbonyl (C=O) groups excluding carboxylic acids is 1. The summed E-state index contributed by atoms with van der Waals surface area (Å²) in [7, 11) is -2.30. The number of hydrogen-bond donors (Lipinski definition) is 1. The van der Waals surface area contributed by atoms with Gasteiger partial charge in [-0.3, -0.25) is 5.43 Å². The third-order valence-corrected chi connectivity index (χ3v) is 6.55. The first-order chi connectivity index (χ1) is 15.4. The predicted octanol–water partition coefficient (Wildman–Crippen LogP) is 3.75. The van der Waals surface area contributed by atoms with Crippen molar-refractivity contribution < 1.29 is 22.7 Å². The minimum atomic E-state index is -3.76. The summed E-state index contributed by atoms with van der Waals surface area (Å²) < 4.78 is 39.6. The third-order valence-electron chi connectivity index (χ3n) is 4.52. The first-order valence-corrected chi connectivity index (χ1v) is 11.5. The van der Waals surface area contributed by atoms with Gasteiger partial charge in [-0.25, -0.2) is 4.79 Å². The van der Waals surface area contributed by atoms with E-state index >= 15 is 0 Å². The van der Waals surface area contributed by atoms with Crippen molar-refractivity contribution in [3.05, 3.63) is 87.9 Å². The van der Waals surface area contributed by atoms with E-state index in [1.54, 1.807) is 60.7 Å². The van der Waals surface area contributed by atoms with Gasteiger partial charge < -0.3 is 9.47 Å². The molecule has 0 radical (unpaired) electrons. The standard InChI is InChI=1S/C22H16BrN3O5S/c1-30-18-11-6-7-14(20(18)31-22(27)15-8-2-4-10-17(15)23)13-24-25-21-16-9-3-5-12-19(16)32(28,29)26-21/h2-13H,1H3,(H,25,26)/b24-13+. The Balaban J connectivity index is 1.61. The van der Waals surface area contributed by atoms with Gasteiger partial charge in [-0.1, -0.05) is 30.3 Å². The van der Waals surface area contributed by atoms with Crippen molar-refractivity contribution >= 4 is 44.0 Å². The van der Waals surface area contributed by atoms with Gasteiger partial charge >= 0.3 is 5.97 Å². The van der Waals surface area contributed by atoms with E-state index in [9.17, 15) is 13.2 Å². The number of halogens is 1. The van der Waals surface area contributed by atoms with Crippen molar-refractivity contribution in [2.24, 2.45) is 9.50 Å². The molecule has 0 fully saturated rings. The van der Waals surface area contributed by atoms with Crippen LogP contribution in [0.1, 0.15) is 21.5 Å². The normalized spacial score (nSPS) is 14.0. The molecule has 4 rings (SSSR count). The summed E-state index contributed by atoms with van der Waals surface area (Å²) in [5.74, 6) is 0.0273. The molecule has 1 aliphatic rings. The molecule has 3 aromatic rings. The van der Waals surface area contributed by atoms with Crippen LogP contribution in [0.2, 0.25) is 0 Å². The highest BCUT2D eigenvalue weighted by Crippen LogP contribution is 2.31. The number of benzene rings is 3. The fourth-order valence-corrected chi connectivity index (χ4v) is 4.65. The quantitative estimate of drug-likeness (QED) is 0.241. The van der Waals surface area contributed by atoms with Crippen molar-refractivity contribution in [3.8, 4) is 11.5 Å². The molecule has 1 N–H and O–H groups in total. The van der Waals surface area contributed by atoms with E-state index in [-0.39, 0.29) is 16.5 Å². The van der Waals surface area contributed by atoms with Crippen molar-refractivity contribution in [3.63, 3.8) is 0 Å². The molecule has 8 nitrogen and oxygen atoms in total. The van der Waals surface area contributed by atoms with Crippen LogP contribution in [0.3, 0.4) is 0 Å². The number of nitrogens with one attached hydrogen (secondary N) is 1. The lowest BCUT2D eigenvalue weighted by Crippen LogP contribution is -2.17. The SMILES string of the molecule is COc1cccc(/C=N/NC2=NS(=O)(=O)c3ccccc32)c1OC(=O)c1ccccc1Br. The minimum Gasteiger partial charge on any atom is -0.493 e. The average Bonchev–Trinajstić information content (AvgIpc) is 3.05. The summed E-state index contributed by atoms with van der Waals surface area (Å²) >= 11 is 3.34. The topological polar surface area (TPSA) is 106 Å². The van der Waals surface area contributed by atoms with Crippen LogP contribution in [-0.4, -0.2) is 33.5 Å². The van der Waals surface area contributed by atoms with Crippen LogP contribution in [0, 0.1) is 0 Å². The van der Waals surface area contributed by atoms with E-state index in [2.05, 4.69) is 30.9 Å². The number of methoxy groups -OCH3 is 1.